The van der Waals surface area contributed by atoms with Crippen LogP contribution < -0.4 is 21.0 Å². The van der Waals surface area contributed by atoms with Crippen molar-refractivity contribution in [3.63, 3.8) is 0 Å². The van der Waals surface area contributed by atoms with Crippen LogP contribution in [0.1, 0.15) is 100.0 Å². The van der Waals surface area contributed by atoms with Gasteiger partial charge in [0.05, 0.1) is 27.3 Å². The lowest BCUT2D eigenvalue weighted by atomic mass is 9.77. The molecular weight excluding hydrogens is 655 g/mol. The number of aromatic nitrogens is 3. The van der Waals surface area contributed by atoms with E-state index >= 15 is 0 Å². The summed E-state index contributed by atoms with van der Waals surface area (Å²) in [5.74, 6) is 1.24. The molecule has 0 bridgehead atoms. The molecule has 3 aliphatic rings. The topological polar surface area (TPSA) is 102 Å². The van der Waals surface area contributed by atoms with E-state index < -0.39 is 29.6 Å². The molecule has 6 rings (SSSR count). The standard InChI is InChI=1S/C37H52BClN6O5/c1-23(2)26-20-25(38-49-36(7,8)37(9,10)50-38)14-15-29(26)45-31-27(21-28(39)32(40-31)42-16-12-11-13-17-42)30(41-33(45)46)44-19-18-43(22-24(44)3)34(47)48-35(4,5)6/h14-15,20-21,23-24H,11-13,16-19,22H2,1-10H3/t24-/m0/s1. The Bertz CT molecular complexity index is 1820. The number of hydrogen-bond donors (Lipinski definition) is 0. The van der Waals surface area contributed by atoms with Gasteiger partial charge in [-0.15, -0.1) is 0 Å². The Morgan fingerprint density at radius 2 is 1.64 bits per heavy atom. The average Bonchev–Trinajstić information content (AvgIpc) is 3.26. The molecule has 3 saturated heterocycles. The van der Waals surface area contributed by atoms with Gasteiger partial charge in [0.25, 0.3) is 0 Å². The summed E-state index contributed by atoms with van der Waals surface area (Å²) in [5, 5.41) is 1.20. The highest BCUT2D eigenvalue weighted by atomic mass is 35.5. The molecule has 0 N–H and O–H groups in total. The number of benzene rings is 1. The number of hydrogen-bond acceptors (Lipinski definition) is 9. The molecule has 3 fully saturated rings. The van der Waals surface area contributed by atoms with Crippen LogP contribution in [0.5, 0.6) is 0 Å². The third-order valence-electron chi connectivity index (χ3n) is 10.4. The molecule has 50 heavy (non-hydrogen) atoms. The monoisotopic (exact) mass is 706 g/mol. The second-order valence-corrected chi connectivity index (χ2v) is 16.7. The van der Waals surface area contributed by atoms with Crippen LogP contribution in [0.4, 0.5) is 16.4 Å². The van der Waals surface area contributed by atoms with E-state index in [2.05, 4.69) is 29.7 Å². The van der Waals surface area contributed by atoms with Gasteiger partial charge in [0.15, 0.2) is 5.65 Å². The predicted octanol–water partition coefficient (Wildman–Crippen LogP) is 6.29. The number of nitrogens with zero attached hydrogens (tertiary/aromatic N) is 6. The zero-order chi connectivity index (χ0) is 36.3. The summed E-state index contributed by atoms with van der Waals surface area (Å²) >= 11 is 7.03. The summed E-state index contributed by atoms with van der Waals surface area (Å²) in [7, 11) is -0.538. The molecule has 1 aromatic carbocycles. The Labute approximate surface area is 301 Å². The quantitative estimate of drug-likeness (QED) is 0.283. The van der Waals surface area contributed by atoms with Crippen LogP contribution in [0.25, 0.3) is 16.7 Å². The lowest BCUT2D eigenvalue weighted by molar-refractivity contribution is 0.00578. The van der Waals surface area contributed by atoms with Gasteiger partial charge < -0.3 is 28.7 Å². The normalized spacial score (nSPS) is 21.0. The Balaban J connectivity index is 1.47. The highest BCUT2D eigenvalue weighted by Crippen LogP contribution is 2.38. The molecule has 11 nitrogen and oxygen atoms in total. The van der Waals surface area contributed by atoms with Crippen LogP contribution in [0.15, 0.2) is 29.1 Å². The molecule has 1 amide bonds. The Morgan fingerprint density at radius 1 is 0.980 bits per heavy atom. The fourth-order valence-electron chi connectivity index (χ4n) is 6.99. The van der Waals surface area contributed by atoms with Crippen molar-refractivity contribution in [1.29, 1.82) is 0 Å². The van der Waals surface area contributed by atoms with Gasteiger partial charge in [0, 0.05) is 38.8 Å². The van der Waals surface area contributed by atoms with Gasteiger partial charge in [0.2, 0.25) is 0 Å². The predicted molar refractivity (Wildman–Crippen MR) is 201 cm³/mol. The maximum Gasteiger partial charge on any atom is 0.494 e. The van der Waals surface area contributed by atoms with E-state index in [4.69, 9.17) is 35.6 Å². The highest BCUT2D eigenvalue weighted by molar-refractivity contribution is 6.62. The van der Waals surface area contributed by atoms with E-state index in [-0.39, 0.29) is 18.1 Å². The van der Waals surface area contributed by atoms with Crippen LogP contribution >= 0.6 is 11.6 Å². The molecule has 3 aromatic rings. The van der Waals surface area contributed by atoms with Crippen molar-refractivity contribution < 1.29 is 18.8 Å². The van der Waals surface area contributed by atoms with Crippen molar-refractivity contribution in [2.75, 3.05) is 42.5 Å². The fourth-order valence-corrected chi connectivity index (χ4v) is 7.26. The summed E-state index contributed by atoms with van der Waals surface area (Å²) in [6.07, 6.45) is 2.93. The third kappa shape index (κ3) is 6.95. The zero-order valence-electron chi connectivity index (χ0n) is 31.3. The van der Waals surface area contributed by atoms with Crippen LogP contribution in [-0.4, -0.2) is 88.2 Å². The zero-order valence-corrected chi connectivity index (χ0v) is 32.1. The number of rotatable bonds is 5. The van der Waals surface area contributed by atoms with Crippen molar-refractivity contribution in [3.05, 3.63) is 45.3 Å². The maximum atomic E-state index is 14.4. The van der Waals surface area contributed by atoms with Gasteiger partial charge in [-0.1, -0.05) is 37.6 Å². The number of halogens is 1. The van der Waals surface area contributed by atoms with E-state index in [9.17, 15) is 9.59 Å². The minimum absolute atomic E-state index is 0.0591. The van der Waals surface area contributed by atoms with E-state index in [0.717, 1.165) is 37.0 Å². The number of amides is 1. The smallest absolute Gasteiger partial charge is 0.444 e. The summed E-state index contributed by atoms with van der Waals surface area (Å²) in [6, 6.07) is 7.76. The summed E-state index contributed by atoms with van der Waals surface area (Å²) in [6.45, 7) is 23.0. The molecule has 3 aliphatic heterocycles. The van der Waals surface area contributed by atoms with Crippen LogP contribution in [0.2, 0.25) is 5.02 Å². The third-order valence-corrected chi connectivity index (χ3v) is 10.7. The van der Waals surface area contributed by atoms with Gasteiger partial charge in [-0.3, -0.25) is 0 Å². The largest absolute Gasteiger partial charge is 0.494 e. The second kappa shape index (κ2) is 13.3. The van der Waals surface area contributed by atoms with Gasteiger partial charge in [0.1, 0.15) is 17.2 Å². The summed E-state index contributed by atoms with van der Waals surface area (Å²) in [4.78, 5) is 43.3. The van der Waals surface area contributed by atoms with Crippen LogP contribution in [0.3, 0.4) is 0 Å². The van der Waals surface area contributed by atoms with Crippen LogP contribution in [-0.2, 0) is 14.0 Å². The van der Waals surface area contributed by atoms with E-state index in [1.165, 1.54) is 6.42 Å². The molecule has 1 atom stereocenters. The van der Waals surface area contributed by atoms with Gasteiger partial charge >= 0.3 is 18.9 Å². The lowest BCUT2D eigenvalue weighted by Crippen LogP contribution is -2.55. The van der Waals surface area contributed by atoms with Crippen molar-refractivity contribution in [3.8, 4) is 5.69 Å². The number of piperazine rings is 1. The molecular formula is C37H52BClN6O5. The van der Waals surface area contributed by atoms with E-state index in [1.54, 1.807) is 9.47 Å². The second-order valence-electron chi connectivity index (χ2n) is 16.3. The number of pyridine rings is 1. The number of ether oxygens (including phenoxy) is 1. The first-order valence-corrected chi connectivity index (χ1v) is 18.4. The molecule has 0 unspecified atom stereocenters. The molecule has 0 saturated carbocycles. The first-order valence-electron chi connectivity index (χ1n) is 18.0. The number of carbonyl (C=O) groups is 1. The van der Waals surface area contributed by atoms with Crippen molar-refractivity contribution in [2.45, 2.75) is 117 Å². The van der Waals surface area contributed by atoms with Crippen molar-refractivity contribution in [2.24, 2.45) is 0 Å². The minimum atomic E-state index is -0.592. The highest BCUT2D eigenvalue weighted by Gasteiger charge is 2.51. The molecule has 270 valence electrons. The van der Waals surface area contributed by atoms with E-state index in [1.807, 2.05) is 73.6 Å². The van der Waals surface area contributed by atoms with E-state index in [0.29, 0.717) is 53.0 Å². The van der Waals surface area contributed by atoms with Crippen LogP contribution in [0, 0.1) is 0 Å². The molecule has 0 spiro atoms. The Hall–Kier alpha value is -3.35. The van der Waals surface area contributed by atoms with Gasteiger partial charge in [-0.05, 0) is 104 Å². The average molecular weight is 707 g/mol. The Morgan fingerprint density at radius 3 is 2.24 bits per heavy atom. The summed E-state index contributed by atoms with van der Waals surface area (Å²) < 4.78 is 20.1. The number of anilines is 2. The first-order chi connectivity index (χ1) is 23.4. The van der Waals surface area contributed by atoms with Crippen molar-refractivity contribution >= 4 is 52.9 Å². The van der Waals surface area contributed by atoms with Gasteiger partial charge in [-0.25, -0.2) is 19.1 Å². The molecule has 13 heteroatoms. The Kier molecular flexibility index (Phi) is 9.71. The fraction of sp³-hybridized carbons (Fsp3) is 0.622. The lowest BCUT2D eigenvalue weighted by Gasteiger charge is -2.41. The molecule has 0 radical (unpaired) electrons. The maximum absolute atomic E-state index is 14.4. The summed E-state index contributed by atoms with van der Waals surface area (Å²) in [5.41, 5.74) is 1.05. The molecule has 0 aliphatic carbocycles. The SMILES string of the molecule is CC(C)c1cc(B2OC(C)(C)C(C)(C)O2)ccc1-n1c(=O)nc(N2CCN(C(=O)OC(C)(C)C)C[C@@H]2C)c2cc(Cl)c(N3CCCCC3)nc21. The van der Waals surface area contributed by atoms with Crippen molar-refractivity contribution in [1.82, 2.24) is 19.4 Å². The minimum Gasteiger partial charge on any atom is -0.444 e. The molecule has 2 aromatic heterocycles. The number of carbonyl (C=O) groups excluding carboxylic acids is 1. The number of fused-ring (bicyclic) bond motifs is 1. The van der Waals surface area contributed by atoms with Gasteiger partial charge in [-0.2, -0.15) is 4.98 Å². The molecule has 5 heterocycles. The first kappa shape index (κ1) is 36.4. The number of piperidine rings is 1.